The highest BCUT2D eigenvalue weighted by molar-refractivity contribution is 6.38. The highest BCUT2D eigenvalue weighted by atomic mass is 35.5. The van der Waals surface area contributed by atoms with Crippen LogP contribution >= 0.6 is 34.8 Å². The van der Waals surface area contributed by atoms with Crippen molar-refractivity contribution < 1.29 is 23.5 Å². The van der Waals surface area contributed by atoms with Gasteiger partial charge in [0.1, 0.15) is 17.5 Å². The quantitative estimate of drug-likeness (QED) is 0.600. The Bertz CT molecular complexity index is 1310. The molecule has 2 aromatic rings. The van der Waals surface area contributed by atoms with Gasteiger partial charge in [0.25, 0.3) is 5.91 Å². The van der Waals surface area contributed by atoms with Crippen LogP contribution in [0.3, 0.4) is 0 Å². The molecule has 0 bridgehead atoms. The van der Waals surface area contributed by atoms with Crippen LogP contribution in [-0.2, 0) is 19.9 Å². The van der Waals surface area contributed by atoms with E-state index in [-0.39, 0.29) is 33.7 Å². The molecule has 34 heavy (non-hydrogen) atoms. The molecule has 4 aliphatic heterocycles. The Kier molecular flexibility index (Phi) is 4.75. The zero-order chi connectivity index (χ0) is 24.1. The van der Waals surface area contributed by atoms with Gasteiger partial charge in [-0.05, 0) is 30.7 Å². The van der Waals surface area contributed by atoms with E-state index in [0.29, 0.717) is 17.0 Å². The van der Waals surface area contributed by atoms with Crippen LogP contribution in [-0.4, -0.2) is 48.5 Å². The molecule has 4 heterocycles. The Balaban J connectivity index is 1.57. The molecule has 5 atom stereocenters. The summed E-state index contributed by atoms with van der Waals surface area (Å²) in [5.74, 6) is -3.24. The number of amides is 3. The third-order valence-corrected chi connectivity index (χ3v) is 8.10. The van der Waals surface area contributed by atoms with Crippen molar-refractivity contribution in [3.63, 3.8) is 0 Å². The number of methoxy groups -OCH3 is 1. The number of fused-ring (bicyclic) bond motifs is 7. The summed E-state index contributed by atoms with van der Waals surface area (Å²) in [5, 5.41) is 3.51. The van der Waals surface area contributed by atoms with Crippen LogP contribution in [0.4, 0.5) is 15.8 Å². The van der Waals surface area contributed by atoms with Crippen LogP contribution in [0.15, 0.2) is 30.3 Å². The minimum atomic E-state index is -1.61. The summed E-state index contributed by atoms with van der Waals surface area (Å²) in [5.41, 5.74) is -0.674. The van der Waals surface area contributed by atoms with E-state index < -0.39 is 47.3 Å². The van der Waals surface area contributed by atoms with Crippen molar-refractivity contribution in [3.8, 4) is 5.75 Å². The Morgan fingerprint density at radius 3 is 2.53 bits per heavy atom. The number of carbonyl (C=O) groups is 3. The van der Waals surface area contributed by atoms with Gasteiger partial charge < -0.3 is 10.1 Å². The molecule has 6 rings (SSSR count). The van der Waals surface area contributed by atoms with E-state index in [1.165, 1.54) is 25.3 Å². The zero-order valence-electron chi connectivity index (χ0n) is 17.6. The summed E-state index contributed by atoms with van der Waals surface area (Å²) in [6, 6.07) is 6.96. The second kappa shape index (κ2) is 7.31. The maximum atomic E-state index is 14.7. The van der Waals surface area contributed by atoms with Crippen molar-refractivity contribution in [2.24, 2.45) is 11.8 Å². The smallest absolute Gasteiger partial charge is 0.250 e. The molecular formula is C23H17Cl3FN3O4. The van der Waals surface area contributed by atoms with E-state index in [1.54, 1.807) is 17.0 Å². The third-order valence-electron chi connectivity index (χ3n) is 7.36. The molecule has 3 amide bonds. The van der Waals surface area contributed by atoms with Crippen LogP contribution in [0, 0.1) is 11.8 Å². The Morgan fingerprint density at radius 2 is 1.79 bits per heavy atom. The maximum Gasteiger partial charge on any atom is 0.250 e. The van der Waals surface area contributed by atoms with Gasteiger partial charge in [-0.1, -0.05) is 34.8 Å². The number of hydrogen-bond acceptors (Lipinski definition) is 5. The number of ether oxygens (including phenoxy) is 1. The highest BCUT2D eigenvalue weighted by Crippen LogP contribution is 2.62. The molecule has 3 saturated heterocycles. The zero-order valence-corrected chi connectivity index (χ0v) is 19.9. The average Bonchev–Trinajstić information content (AvgIpc) is 3.44. The number of nitrogens with one attached hydrogen (secondary N) is 1. The van der Waals surface area contributed by atoms with Crippen molar-refractivity contribution in [1.29, 1.82) is 0 Å². The fourth-order valence-electron chi connectivity index (χ4n) is 6.23. The van der Waals surface area contributed by atoms with Gasteiger partial charge in [-0.15, -0.1) is 0 Å². The molecule has 0 aromatic heterocycles. The lowest BCUT2D eigenvalue weighted by Crippen LogP contribution is -2.54. The Morgan fingerprint density at radius 1 is 1.06 bits per heavy atom. The molecule has 1 spiro atoms. The van der Waals surface area contributed by atoms with Gasteiger partial charge in [0.05, 0.1) is 35.3 Å². The first-order chi connectivity index (χ1) is 16.2. The van der Waals surface area contributed by atoms with E-state index in [1.807, 2.05) is 0 Å². The van der Waals surface area contributed by atoms with Gasteiger partial charge >= 0.3 is 0 Å². The largest absolute Gasteiger partial charge is 0.497 e. The van der Waals surface area contributed by atoms with Crippen molar-refractivity contribution >= 4 is 63.9 Å². The molecule has 4 unspecified atom stereocenters. The van der Waals surface area contributed by atoms with Gasteiger partial charge in [-0.3, -0.25) is 19.3 Å². The summed E-state index contributed by atoms with van der Waals surface area (Å²) in [7, 11) is 1.44. The standard InChI is InChI=1S/C23H17Cl3FN3O4/c1-34-13-3-9(24)2-12(7-13)30-20(31)17-16-6-11(27)8-29(16)23(18(17)21(30)32)14-4-10(25)5-15(26)19(14)28-22(23)33/h2-5,7,11,16-18H,6,8H2,1H3,(H,28,33)/t11-,16?,17?,18?,23?/m0/s1. The molecule has 176 valence electrons. The number of rotatable bonds is 2. The molecule has 4 aliphatic rings. The van der Waals surface area contributed by atoms with Crippen molar-refractivity contribution in [2.45, 2.75) is 24.2 Å². The molecule has 3 fully saturated rings. The lowest BCUT2D eigenvalue weighted by Gasteiger charge is -2.36. The lowest BCUT2D eigenvalue weighted by atomic mass is 9.75. The molecule has 2 aromatic carbocycles. The summed E-state index contributed by atoms with van der Waals surface area (Å²) in [6.07, 6.45) is -1.22. The normalized spacial score (nSPS) is 31.8. The molecule has 0 radical (unpaired) electrons. The van der Waals surface area contributed by atoms with Crippen LogP contribution in [0.2, 0.25) is 15.1 Å². The van der Waals surface area contributed by atoms with Crippen LogP contribution in [0.25, 0.3) is 0 Å². The van der Waals surface area contributed by atoms with Crippen LogP contribution < -0.4 is 15.0 Å². The maximum absolute atomic E-state index is 14.7. The van der Waals surface area contributed by atoms with E-state index in [2.05, 4.69) is 5.32 Å². The first kappa shape index (κ1) is 22.1. The molecule has 1 N–H and O–H groups in total. The topological polar surface area (TPSA) is 79.0 Å². The number of carbonyl (C=O) groups excluding carboxylic acids is 3. The van der Waals surface area contributed by atoms with Gasteiger partial charge in [0.2, 0.25) is 11.8 Å². The van der Waals surface area contributed by atoms with Gasteiger partial charge in [0.15, 0.2) is 0 Å². The molecule has 11 heteroatoms. The van der Waals surface area contributed by atoms with Crippen molar-refractivity contribution in [2.75, 3.05) is 23.9 Å². The summed E-state index contributed by atoms with van der Waals surface area (Å²) in [4.78, 5) is 44.1. The summed E-state index contributed by atoms with van der Waals surface area (Å²) >= 11 is 18.9. The second-order valence-electron chi connectivity index (χ2n) is 8.95. The first-order valence-corrected chi connectivity index (χ1v) is 11.8. The summed E-state index contributed by atoms with van der Waals surface area (Å²) in [6.45, 7) is -0.0831. The number of hydrogen-bond donors (Lipinski definition) is 1. The number of benzene rings is 2. The molecule has 0 saturated carbocycles. The van der Waals surface area contributed by atoms with E-state index in [9.17, 15) is 18.8 Å². The fourth-order valence-corrected chi connectivity index (χ4v) is 6.99. The second-order valence-corrected chi connectivity index (χ2v) is 10.2. The highest BCUT2D eigenvalue weighted by Gasteiger charge is 2.75. The van der Waals surface area contributed by atoms with Gasteiger partial charge in [-0.25, -0.2) is 9.29 Å². The number of anilines is 2. The van der Waals surface area contributed by atoms with Crippen molar-refractivity contribution in [3.05, 3.63) is 51.0 Å². The Labute approximate surface area is 208 Å². The fraction of sp³-hybridized carbons (Fsp3) is 0.348. The number of imide groups is 1. The van der Waals surface area contributed by atoms with Gasteiger partial charge in [0, 0.05) is 34.3 Å². The minimum Gasteiger partial charge on any atom is -0.497 e. The average molecular weight is 525 g/mol. The van der Waals surface area contributed by atoms with E-state index >= 15 is 0 Å². The van der Waals surface area contributed by atoms with E-state index in [0.717, 1.165) is 4.90 Å². The van der Waals surface area contributed by atoms with E-state index in [4.69, 9.17) is 39.5 Å². The number of nitrogens with zero attached hydrogens (tertiary/aromatic N) is 2. The molecular weight excluding hydrogens is 508 g/mol. The predicted octanol–water partition coefficient (Wildman–Crippen LogP) is 4.03. The lowest BCUT2D eigenvalue weighted by molar-refractivity contribution is -0.135. The van der Waals surface area contributed by atoms with Crippen molar-refractivity contribution in [1.82, 2.24) is 4.90 Å². The Hall–Kier alpha value is -2.39. The molecule has 7 nitrogen and oxygen atoms in total. The number of halogens is 4. The van der Waals surface area contributed by atoms with Gasteiger partial charge in [-0.2, -0.15) is 0 Å². The number of alkyl halides is 1. The monoisotopic (exact) mass is 523 g/mol. The van der Waals surface area contributed by atoms with Crippen LogP contribution in [0.5, 0.6) is 5.75 Å². The molecule has 0 aliphatic carbocycles. The predicted molar refractivity (Wildman–Crippen MR) is 124 cm³/mol. The minimum absolute atomic E-state index is 0.0333. The third kappa shape index (κ3) is 2.65. The first-order valence-electron chi connectivity index (χ1n) is 10.6. The van der Waals surface area contributed by atoms with Crippen LogP contribution in [0.1, 0.15) is 12.0 Å². The SMILES string of the molecule is COc1cc(Cl)cc(N2C(=O)C3C4C[C@H](F)CN4C4(C(=O)Nc5c(Cl)cc(Cl)cc54)C3C2=O)c1. The summed E-state index contributed by atoms with van der Waals surface area (Å²) < 4.78 is 20.0.